The van der Waals surface area contributed by atoms with Crippen molar-refractivity contribution in [3.63, 3.8) is 0 Å². The third kappa shape index (κ3) is 4.96. The highest BCUT2D eigenvalue weighted by Crippen LogP contribution is 2.32. The van der Waals surface area contributed by atoms with Crippen molar-refractivity contribution < 1.29 is 4.74 Å². The summed E-state index contributed by atoms with van der Waals surface area (Å²) in [5.74, 6) is 2.35. The van der Waals surface area contributed by atoms with Gasteiger partial charge >= 0.3 is 0 Å². The molecule has 0 aliphatic heterocycles. The van der Waals surface area contributed by atoms with E-state index in [1.165, 1.54) is 6.42 Å². The van der Waals surface area contributed by atoms with Gasteiger partial charge in [-0.1, -0.05) is 20.8 Å². The second-order valence-corrected chi connectivity index (χ2v) is 7.22. The number of halogens is 1. The molecule has 0 bridgehead atoms. The maximum absolute atomic E-state index is 6.22. The molecule has 0 radical (unpaired) electrons. The van der Waals surface area contributed by atoms with Gasteiger partial charge in [-0.25, -0.2) is 4.98 Å². The van der Waals surface area contributed by atoms with E-state index in [0.29, 0.717) is 6.10 Å². The van der Waals surface area contributed by atoms with Crippen molar-refractivity contribution in [3.05, 3.63) is 22.3 Å². The van der Waals surface area contributed by atoms with Gasteiger partial charge in [0.2, 0.25) is 5.88 Å². The van der Waals surface area contributed by atoms with E-state index in [9.17, 15) is 0 Å². The van der Waals surface area contributed by atoms with Gasteiger partial charge in [-0.05, 0) is 66.1 Å². The minimum Gasteiger partial charge on any atom is -0.474 e. The highest BCUT2D eigenvalue weighted by molar-refractivity contribution is 9.10. The Bertz CT molecular complexity index is 452. The molecule has 2 rings (SSSR count). The summed E-state index contributed by atoms with van der Waals surface area (Å²) in [7, 11) is 0. The van der Waals surface area contributed by atoms with Crippen LogP contribution in [0.2, 0.25) is 0 Å². The first-order chi connectivity index (χ1) is 10.1. The maximum Gasteiger partial charge on any atom is 0.218 e. The predicted molar refractivity (Wildman–Crippen MR) is 90.5 cm³/mol. The smallest absolute Gasteiger partial charge is 0.218 e. The van der Waals surface area contributed by atoms with E-state index in [0.717, 1.165) is 60.1 Å². The van der Waals surface area contributed by atoms with Crippen LogP contribution in [-0.2, 0) is 6.54 Å². The number of rotatable bonds is 6. The first kappa shape index (κ1) is 16.8. The first-order valence-electron chi connectivity index (χ1n) is 8.12. The third-order valence-electron chi connectivity index (χ3n) is 4.46. The van der Waals surface area contributed by atoms with E-state index < -0.39 is 0 Å². The van der Waals surface area contributed by atoms with Gasteiger partial charge in [0, 0.05) is 22.8 Å². The van der Waals surface area contributed by atoms with Crippen molar-refractivity contribution in [1.29, 1.82) is 0 Å². The summed E-state index contributed by atoms with van der Waals surface area (Å²) in [6.45, 7) is 8.68. The van der Waals surface area contributed by atoms with E-state index in [4.69, 9.17) is 4.74 Å². The van der Waals surface area contributed by atoms with Gasteiger partial charge in [-0.15, -0.1) is 0 Å². The summed E-state index contributed by atoms with van der Waals surface area (Å²) in [5.41, 5.74) is 1.14. The van der Waals surface area contributed by atoms with Gasteiger partial charge < -0.3 is 10.1 Å². The Balaban J connectivity index is 2.01. The van der Waals surface area contributed by atoms with Gasteiger partial charge in [-0.3, -0.25) is 0 Å². The zero-order valence-electron chi connectivity index (χ0n) is 13.4. The summed E-state index contributed by atoms with van der Waals surface area (Å²) >= 11 is 3.50. The lowest BCUT2D eigenvalue weighted by Gasteiger charge is -2.32. The summed E-state index contributed by atoms with van der Waals surface area (Å²) in [5, 5.41) is 3.43. The van der Waals surface area contributed by atoms with Crippen molar-refractivity contribution in [1.82, 2.24) is 10.3 Å². The van der Waals surface area contributed by atoms with Crippen LogP contribution in [-0.4, -0.2) is 17.6 Å². The Kier molecular flexibility index (Phi) is 6.49. The normalized spacial score (nSPS) is 25.8. The maximum atomic E-state index is 6.22. The van der Waals surface area contributed by atoms with E-state index in [1.807, 2.05) is 6.20 Å². The Hall–Kier alpha value is -0.610. The quantitative estimate of drug-likeness (QED) is 0.761. The number of nitrogens with one attached hydrogen (secondary N) is 1. The highest BCUT2D eigenvalue weighted by Gasteiger charge is 2.26. The zero-order chi connectivity index (χ0) is 15.2. The van der Waals surface area contributed by atoms with Crippen LogP contribution in [0, 0.1) is 11.8 Å². The molecular weight excluding hydrogens is 328 g/mol. The molecule has 3 unspecified atom stereocenters. The molecule has 4 heteroatoms. The lowest BCUT2D eigenvalue weighted by Crippen LogP contribution is -2.29. The fourth-order valence-corrected chi connectivity index (χ4v) is 3.24. The molecule has 3 nitrogen and oxygen atoms in total. The van der Waals surface area contributed by atoms with Gasteiger partial charge in [0.15, 0.2) is 0 Å². The fraction of sp³-hybridized carbons (Fsp3) is 0.706. The van der Waals surface area contributed by atoms with E-state index in [1.54, 1.807) is 0 Å². The van der Waals surface area contributed by atoms with Crippen LogP contribution < -0.4 is 10.1 Å². The average molecular weight is 355 g/mol. The molecule has 0 saturated heterocycles. The van der Waals surface area contributed by atoms with Crippen molar-refractivity contribution >= 4 is 15.9 Å². The molecular formula is C17H27BrN2O. The molecule has 1 aliphatic rings. The van der Waals surface area contributed by atoms with E-state index in [2.05, 4.69) is 53.1 Å². The number of hydrogen-bond acceptors (Lipinski definition) is 3. The molecule has 21 heavy (non-hydrogen) atoms. The van der Waals surface area contributed by atoms with Gasteiger partial charge in [0.05, 0.1) is 0 Å². The van der Waals surface area contributed by atoms with Crippen molar-refractivity contribution in [2.24, 2.45) is 11.8 Å². The average Bonchev–Trinajstić information content (AvgIpc) is 2.46. The molecule has 0 amide bonds. The fourth-order valence-electron chi connectivity index (χ4n) is 2.86. The van der Waals surface area contributed by atoms with Crippen LogP contribution in [0.25, 0.3) is 0 Å². The SMILES string of the molecule is CCCNCc1cc(Br)cnc1OC1CCC(C)C(C)C1. The Morgan fingerprint density at radius 3 is 2.86 bits per heavy atom. The first-order valence-corrected chi connectivity index (χ1v) is 8.91. The topological polar surface area (TPSA) is 34.2 Å². The molecule has 118 valence electrons. The van der Waals surface area contributed by atoms with Gasteiger partial charge in [0.25, 0.3) is 0 Å². The summed E-state index contributed by atoms with van der Waals surface area (Å²) < 4.78 is 7.23. The largest absolute Gasteiger partial charge is 0.474 e. The standard InChI is InChI=1S/C17H27BrN2O/c1-4-7-19-10-14-9-15(18)11-20-17(14)21-16-6-5-12(2)13(3)8-16/h9,11-13,16,19H,4-8,10H2,1-3H3. The minimum absolute atomic E-state index is 0.315. The molecule has 1 aromatic heterocycles. The van der Waals surface area contributed by atoms with Crippen molar-refractivity contribution in [2.75, 3.05) is 6.54 Å². The molecule has 1 heterocycles. The Morgan fingerprint density at radius 2 is 2.14 bits per heavy atom. The van der Waals surface area contributed by atoms with Gasteiger partial charge in [-0.2, -0.15) is 0 Å². The third-order valence-corrected chi connectivity index (χ3v) is 4.90. The number of hydrogen-bond donors (Lipinski definition) is 1. The summed E-state index contributed by atoms with van der Waals surface area (Å²) in [6, 6.07) is 2.11. The molecule has 0 aromatic carbocycles. The van der Waals surface area contributed by atoms with E-state index in [-0.39, 0.29) is 0 Å². The van der Waals surface area contributed by atoms with Crippen molar-refractivity contribution in [3.8, 4) is 5.88 Å². The number of pyridine rings is 1. The Labute approximate surface area is 137 Å². The molecule has 1 aromatic rings. The molecule has 1 aliphatic carbocycles. The van der Waals surface area contributed by atoms with Gasteiger partial charge in [0.1, 0.15) is 6.10 Å². The summed E-state index contributed by atoms with van der Waals surface area (Å²) in [6.07, 6.45) is 6.82. The molecule has 1 N–H and O–H groups in total. The van der Waals surface area contributed by atoms with E-state index >= 15 is 0 Å². The lowest BCUT2D eigenvalue weighted by atomic mass is 9.80. The number of nitrogens with zero attached hydrogens (tertiary/aromatic N) is 1. The monoisotopic (exact) mass is 354 g/mol. The van der Waals surface area contributed by atoms with Crippen LogP contribution >= 0.6 is 15.9 Å². The Morgan fingerprint density at radius 1 is 1.33 bits per heavy atom. The van der Waals surface area contributed by atoms with Crippen LogP contribution in [0.4, 0.5) is 0 Å². The van der Waals surface area contributed by atoms with Crippen LogP contribution in [0.1, 0.15) is 52.0 Å². The number of ether oxygens (including phenoxy) is 1. The molecule has 1 fully saturated rings. The highest BCUT2D eigenvalue weighted by atomic mass is 79.9. The second kappa shape index (κ2) is 8.14. The zero-order valence-corrected chi connectivity index (χ0v) is 14.9. The van der Waals surface area contributed by atoms with Crippen LogP contribution in [0.3, 0.4) is 0 Å². The molecule has 0 spiro atoms. The predicted octanol–water partition coefficient (Wildman–Crippen LogP) is 4.55. The van der Waals surface area contributed by atoms with Crippen molar-refractivity contribution in [2.45, 2.75) is 59.1 Å². The number of aromatic nitrogens is 1. The minimum atomic E-state index is 0.315. The molecule has 1 saturated carbocycles. The summed E-state index contributed by atoms with van der Waals surface area (Å²) in [4.78, 5) is 4.49. The van der Waals surface area contributed by atoms with Crippen LogP contribution in [0.15, 0.2) is 16.7 Å². The molecule has 3 atom stereocenters. The lowest BCUT2D eigenvalue weighted by molar-refractivity contribution is 0.0953. The van der Waals surface area contributed by atoms with Crippen LogP contribution in [0.5, 0.6) is 5.88 Å². The second-order valence-electron chi connectivity index (χ2n) is 6.30.